The lowest BCUT2D eigenvalue weighted by Gasteiger charge is -1.88. The molecule has 13 heavy (non-hydrogen) atoms. The predicted octanol–water partition coefficient (Wildman–Crippen LogP) is 2.96. The summed E-state index contributed by atoms with van der Waals surface area (Å²) in [6, 6.07) is 0. The largest absolute Gasteiger partial charge is 0.365 e. The summed E-state index contributed by atoms with van der Waals surface area (Å²) in [7, 11) is 1.85. The van der Waals surface area contributed by atoms with E-state index in [1.807, 2.05) is 12.4 Å². The molecular formula is C7H6ClN3S2. The second-order valence-electron chi connectivity index (χ2n) is 2.27. The Balaban J connectivity index is 2.35. The Morgan fingerprint density at radius 2 is 2.38 bits per heavy atom. The molecule has 1 N–H and O–H groups in total. The third kappa shape index (κ3) is 1.82. The van der Waals surface area contributed by atoms with Crippen LogP contribution in [0.3, 0.4) is 0 Å². The maximum Gasteiger partial charge on any atom is 0.184 e. The number of aromatic nitrogens is 2. The molecule has 3 nitrogen and oxygen atoms in total. The zero-order chi connectivity index (χ0) is 9.26. The van der Waals surface area contributed by atoms with Crippen molar-refractivity contribution >= 4 is 39.4 Å². The van der Waals surface area contributed by atoms with Crippen molar-refractivity contribution in [1.29, 1.82) is 0 Å². The molecule has 0 fully saturated rings. The van der Waals surface area contributed by atoms with Gasteiger partial charge in [0, 0.05) is 18.6 Å². The Labute approximate surface area is 88.4 Å². The van der Waals surface area contributed by atoms with Crippen LogP contribution in [0.25, 0.3) is 10.6 Å². The van der Waals surface area contributed by atoms with E-state index in [4.69, 9.17) is 11.6 Å². The van der Waals surface area contributed by atoms with Gasteiger partial charge in [0.15, 0.2) is 9.60 Å². The molecule has 0 radical (unpaired) electrons. The Morgan fingerprint density at radius 3 is 2.92 bits per heavy atom. The standard InChI is InChI=1S/C7H6ClN3S2/c1-9-7-11-4(3-12-7)5-2-10-6(8)13-5/h2-3H,1H3,(H,9,11). The Hall–Kier alpha value is -0.650. The van der Waals surface area contributed by atoms with Crippen molar-refractivity contribution in [2.45, 2.75) is 0 Å². The van der Waals surface area contributed by atoms with Gasteiger partial charge in [-0.1, -0.05) is 11.6 Å². The minimum atomic E-state index is 0.550. The number of hydrogen-bond acceptors (Lipinski definition) is 5. The van der Waals surface area contributed by atoms with Crippen LogP contribution < -0.4 is 5.32 Å². The molecule has 2 aromatic heterocycles. The van der Waals surface area contributed by atoms with Gasteiger partial charge in [-0.2, -0.15) is 0 Å². The van der Waals surface area contributed by atoms with Gasteiger partial charge in [0.05, 0.1) is 10.6 Å². The summed E-state index contributed by atoms with van der Waals surface area (Å²) < 4.78 is 0.550. The molecule has 0 aliphatic carbocycles. The molecule has 0 spiro atoms. The molecule has 0 amide bonds. The van der Waals surface area contributed by atoms with E-state index >= 15 is 0 Å². The predicted molar refractivity (Wildman–Crippen MR) is 57.8 cm³/mol. The number of hydrogen-bond donors (Lipinski definition) is 1. The van der Waals surface area contributed by atoms with Crippen LogP contribution in [0.1, 0.15) is 0 Å². The Kier molecular flexibility index (Phi) is 2.48. The normalized spacial score (nSPS) is 10.3. The first-order chi connectivity index (χ1) is 6.29. The van der Waals surface area contributed by atoms with Crippen LogP contribution in [0.4, 0.5) is 5.13 Å². The van der Waals surface area contributed by atoms with Crippen LogP contribution in [0, 0.1) is 0 Å². The van der Waals surface area contributed by atoms with E-state index in [-0.39, 0.29) is 0 Å². The van der Waals surface area contributed by atoms with E-state index in [9.17, 15) is 0 Å². The molecule has 0 aliphatic rings. The number of nitrogens with zero attached hydrogens (tertiary/aromatic N) is 2. The van der Waals surface area contributed by atoms with Gasteiger partial charge in [-0.25, -0.2) is 9.97 Å². The molecule has 0 unspecified atom stereocenters. The second kappa shape index (κ2) is 3.61. The smallest absolute Gasteiger partial charge is 0.184 e. The van der Waals surface area contributed by atoms with Crippen LogP contribution in [0.5, 0.6) is 0 Å². The van der Waals surface area contributed by atoms with Gasteiger partial charge >= 0.3 is 0 Å². The van der Waals surface area contributed by atoms with Crippen molar-refractivity contribution in [3.63, 3.8) is 0 Å². The van der Waals surface area contributed by atoms with Crippen LogP contribution in [0.2, 0.25) is 4.47 Å². The van der Waals surface area contributed by atoms with Gasteiger partial charge in [0.1, 0.15) is 0 Å². The molecule has 2 heterocycles. The zero-order valence-corrected chi connectivity index (χ0v) is 9.13. The van der Waals surface area contributed by atoms with E-state index in [0.29, 0.717) is 4.47 Å². The highest BCUT2D eigenvalue weighted by atomic mass is 35.5. The highest BCUT2D eigenvalue weighted by Crippen LogP contribution is 2.30. The molecule has 2 aromatic rings. The highest BCUT2D eigenvalue weighted by Gasteiger charge is 2.06. The number of rotatable bonds is 2. The van der Waals surface area contributed by atoms with Crippen molar-refractivity contribution in [1.82, 2.24) is 9.97 Å². The zero-order valence-electron chi connectivity index (χ0n) is 6.74. The van der Waals surface area contributed by atoms with E-state index in [2.05, 4.69) is 15.3 Å². The maximum atomic E-state index is 5.72. The summed E-state index contributed by atoms with van der Waals surface area (Å²) in [6.07, 6.45) is 1.74. The highest BCUT2D eigenvalue weighted by molar-refractivity contribution is 7.19. The Bertz CT molecular complexity index is 409. The molecule has 0 saturated carbocycles. The quantitative estimate of drug-likeness (QED) is 0.864. The first-order valence-electron chi connectivity index (χ1n) is 3.54. The lowest BCUT2D eigenvalue weighted by atomic mass is 10.4. The average Bonchev–Trinajstić information content (AvgIpc) is 2.71. The van der Waals surface area contributed by atoms with Gasteiger partial charge in [-0.15, -0.1) is 22.7 Å². The summed E-state index contributed by atoms with van der Waals surface area (Å²) in [6.45, 7) is 0. The van der Waals surface area contributed by atoms with Crippen LogP contribution >= 0.6 is 34.3 Å². The molecule has 0 bridgehead atoms. The number of anilines is 1. The third-order valence-corrected chi connectivity index (χ3v) is 3.45. The molecule has 0 aliphatic heterocycles. The molecule has 0 atom stereocenters. The van der Waals surface area contributed by atoms with Gasteiger partial charge in [-0.3, -0.25) is 0 Å². The summed E-state index contributed by atoms with van der Waals surface area (Å²) in [5, 5.41) is 5.87. The summed E-state index contributed by atoms with van der Waals surface area (Å²) in [5.41, 5.74) is 0.929. The van der Waals surface area contributed by atoms with Crippen molar-refractivity contribution in [3.8, 4) is 10.6 Å². The molecule has 2 rings (SSSR count). The van der Waals surface area contributed by atoms with Crippen molar-refractivity contribution in [3.05, 3.63) is 16.0 Å². The maximum absolute atomic E-state index is 5.72. The van der Waals surface area contributed by atoms with E-state index in [0.717, 1.165) is 15.7 Å². The summed E-state index contributed by atoms with van der Waals surface area (Å²) in [4.78, 5) is 9.29. The minimum Gasteiger partial charge on any atom is -0.365 e. The molecule has 68 valence electrons. The fourth-order valence-electron chi connectivity index (χ4n) is 0.873. The summed E-state index contributed by atoms with van der Waals surface area (Å²) in [5.74, 6) is 0. The lowest BCUT2D eigenvalue weighted by molar-refractivity contribution is 1.36. The molecule has 6 heteroatoms. The second-order valence-corrected chi connectivity index (χ2v) is 4.74. The number of nitrogens with one attached hydrogen (secondary N) is 1. The minimum absolute atomic E-state index is 0.550. The van der Waals surface area contributed by atoms with Crippen LogP contribution in [-0.2, 0) is 0 Å². The molecular weight excluding hydrogens is 226 g/mol. The first-order valence-corrected chi connectivity index (χ1v) is 5.62. The average molecular weight is 232 g/mol. The number of halogens is 1. The van der Waals surface area contributed by atoms with Gasteiger partial charge in [0.25, 0.3) is 0 Å². The van der Waals surface area contributed by atoms with Gasteiger partial charge in [-0.05, 0) is 0 Å². The van der Waals surface area contributed by atoms with E-state index in [1.165, 1.54) is 11.3 Å². The monoisotopic (exact) mass is 231 g/mol. The topological polar surface area (TPSA) is 37.8 Å². The first kappa shape index (κ1) is 8.93. The van der Waals surface area contributed by atoms with Gasteiger partial charge < -0.3 is 5.32 Å². The number of thiazole rings is 2. The van der Waals surface area contributed by atoms with Crippen LogP contribution in [0.15, 0.2) is 11.6 Å². The van der Waals surface area contributed by atoms with Crippen molar-refractivity contribution in [2.24, 2.45) is 0 Å². The summed E-state index contributed by atoms with van der Waals surface area (Å²) >= 11 is 8.72. The Morgan fingerprint density at radius 1 is 1.54 bits per heavy atom. The fraction of sp³-hybridized carbons (Fsp3) is 0.143. The fourth-order valence-corrected chi connectivity index (χ4v) is 2.52. The van der Waals surface area contributed by atoms with Crippen LogP contribution in [-0.4, -0.2) is 17.0 Å². The molecule has 0 saturated heterocycles. The van der Waals surface area contributed by atoms with Gasteiger partial charge in [0.2, 0.25) is 0 Å². The molecule has 0 aromatic carbocycles. The van der Waals surface area contributed by atoms with E-state index in [1.54, 1.807) is 17.5 Å². The van der Waals surface area contributed by atoms with E-state index < -0.39 is 0 Å². The third-order valence-electron chi connectivity index (χ3n) is 1.45. The lowest BCUT2D eigenvalue weighted by Crippen LogP contribution is -1.84. The van der Waals surface area contributed by atoms with Crippen molar-refractivity contribution < 1.29 is 0 Å². The van der Waals surface area contributed by atoms with Crippen molar-refractivity contribution in [2.75, 3.05) is 12.4 Å². The SMILES string of the molecule is CNc1nc(-c2cnc(Cl)s2)cs1.